The van der Waals surface area contributed by atoms with Gasteiger partial charge in [0.2, 0.25) is 0 Å². The van der Waals surface area contributed by atoms with Crippen molar-refractivity contribution in [1.29, 1.82) is 0 Å². The molecule has 102 valence electrons. The largest absolute Gasteiger partial charge is 0.486 e. The molecule has 1 heterocycles. The molecule has 0 spiro atoms. The zero-order chi connectivity index (χ0) is 14.4. The van der Waals surface area contributed by atoms with Crippen LogP contribution in [0.1, 0.15) is 31.9 Å². The Kier molecular flexibility index (Phi) is 3.35. The Morgan fingerprint density at radius 3 is 2.37 bits per heavy atom. The van der Waals surface area contributed by atoms with Crippen LogP contribution >= 0.6 is 11.6 Å². The number of aryl methyl sites for hydroxylation is 2. The second-order valence-corrected chi connectivity index (χ2v) is 6.05. The molecule has 1 aromatic heterocycles. The lowest BCUT2D eigenvalue weighted by atomic mass is 10.1. The number of fused-ring (bicyclic) bond motifs is 1. The standard InChI is InChI=1S/C15H17ClO3/c1-8-7-11(17)18-14-10(8)6-9(2)13(12(14)16)19-15(3,4)5/h6-7H,1-5H3. The summed E-state index contributed by atoms with van der Waals surface area (Å²) in [7, 11) is 0. The van der Waals surface area contributed by atoms with Crippen LogP contribution in [0.15, 0.2) is 21.3 Å². The Balaban J connectivity index is 2.78. The molecule has 19 heavy (non-hydrogen) atoms. The topological polar surface area (TPSA) is 39.4 Å². The predicted molar refractivity (Wildman–Crippen MR) is 77.3 cm³/mol. The van der Waals surface area contributed by atoms with Gasteiger partial charge >= 0.3 is 5.63 Å². The average molecular weight is 281 g/mol. The third kappa shape index (κ3) is 2.76. The summed E-state index contributed by atoms with van der Waals surface area (Å²) in [4.78, 5) is 11.5. The van der Waals surface area contributed by atoms with E-state index in [1.54, 1.807) is 0 Å². The second kappa shape index (κ2) is 4.57. The molecule has 4 heteroatoms. The van der Waals surface area contributed by atoms with Crippen molar-refractivity contribution >= 4 is 22.6 Å². The highest BCUT2D eigenvalue weighted by atomic mass is 35.5. The Labute approximate surface area is 117 Å². The van der Waals surface area contributed by atoms with Gasteiger partial charge in [-0.15, -0.1) is 0 Å². The van der Waals surface area contributed by atoms with Crippen molar-refractivity contribution < 1.29 is 9.15 Å². The van der Waals surface area contributed by atoms with Crippen LogP contribution in [0.2, 0.25) is 5.02 Å². The first-order chi connectivity index (χ1) is 8.69. The molecule has 0 bridgehead atoms. The van der Waals surface area contributed by atoms with E-state index in [1.807, 2.05) is 40.7 Å². The third-order valence-corrected chi connectivity index (χ3v) is 3.08. The van der Waals surface area contributed by atoms with Gasteiger partial charge in [0.1, 0.15) is 16.4 Å². The quantitative estimate of drug-likeness (QED) is 0.734. The Hall–Kier alpha value is -1.48. The molecule has 2 aromatic rings. The summed E-state index contributed by atoms with van der Waals surface area (Å²) in [5.74, 6) is 0.565. The van der Waals surface area contributed by atoms with Crippen molar-refractivity contribution in [1.82, 2.24) is 0 Å². The fourth-order valence-corrected chi connectivity index (χ4v) is 2.28. The molecule has 0 aliphatic heterocycles. The molecule has 0 atom stereocenters. The molecular formula is C15H17ClO3. The molecule has 0 fully saturated rings. The van der Waals surface area contributed by atoms with E-state index in [9.17, 15) is 4.79 Å². The van der Waals surface area contributed by atoms with Crippen LogP contribution in [-0.2, 0) is 0 Å². The van der Waals surface area contributed by atoms with Crippen molar-refractivity contribution in [2.45, 2.75) is 40.2 Å². The molecule has 1 aromatic carbocycles. The van der Waals surface area contributed by atoms with Gasteiger partial charge < -0.3 is 9.15 Å². The van der Waals surface area contributed by atoms with Crippen molar-refractivity contribution in [2.24, 2.45) is 0 Å². The molecule has 0 aliphatic carbocycles. The number of hydrogen-bond donors (Lipinski definition) is 0. The predicted octanol–water partition coefficient (Wildman–Crippen LogP) is 4.24. The lowest BCUT2D eigenvalue weighted by Crippen LogP contribution is -2.23. The molecule has 0 unspecified atom stereocenters. The molecular weight excluding hydrogens is 264 g/mol. The minimum Gasteiger partial charge on any atom is -0.486 e. The van der Waals surface area contributed by atoms with Crippen LogP contribution in [0.5, 0.6) is 5.75 Å². The van der Waals surface area contributed by atoms with Crippen LogP contribution in [0.25, 0.3) is 11.0 Å². The van der Waals surface area contributed by atoms with Crippen molar-refractivity contribution in [3.8, 4) is 5.75 Å². The molecule has 0 saturated carbocycles. The summed E-state index contributed by atoms with van der Waals surface area (Å²) in [6, 6.07) is 3.39. The summed E-state index contributed by atoms with van der Waals surface area (Å²) in [5, 5.41) is 1.19. The maximum absolute atomic E-state index is 11.5. The maximum Gasteiger partial charge on any atom is 0.336 e. The van der Waals surface area contributed by atoms with Crippen molar-refractivity contribution in [2.75, 3.05) is 0 Å². The number of ether oxygens (including phenoxy) is 1. The van der Waals surface area contributed by atoms with Crippen LogP contribution in [-0.4, -0.2) is 5.60 Å². The van der Waals surface area contributed by atoms with E-state index >= 15 is 0 Å². The minimum absolute atomic E-state index is 0.353. The van der Waals surface area contributed by atoms with Gasteiger partial charge in [-0.05, 0) is 51.8 Å². The SMILES string of the molecule is Cc1cc2c(C)cc(=O)oc2c(Cl)c1OC(C)(C)C. The van der Waals surface area contributed by atoms with Gasteiger partial charge in [-0.25, -0.2) is 4.79 Å². The number of rotatable bonds is 1. The highest BCUT2D eigenvalue weighted by Gasteiger charge is 2.20. The summed E-state index contributed by atoms with van der Waals surface area (Å²) in [5.41, 5.74) is 1.38. The summed E-state index contributed by atoms with van der Waals surface area (Å²) >= 11 is 6.34. The lowest BCUT2D eigenvalue weighted by molar-refractivity contribution is 0.130. The monoisotopic (exact) mass is 280 g/mol. The highest BCUT2D eigenvalue weighted by molar-refractivity contribution is 6.36. The normalized spacial score (nSPS) is 11.9. The Morgan fingerprint density at radius 2 is 1.79 bits per heavy atom. The summed E-state index contributed by atoms with van der Waals surface area (Å²) in [6.45, 7) is 9.62. The van der Waals surface area contributed by atoms with E-state index in [2.05, 4.69) is 0 Å². The molecule has 0 N–H and O–H groups in total. The van der Waals surface area contributed by atoms with E-state index < -0.39 is 5.63 Å². The minimum atomic E-state index is -0.405. The number of benzene rings is 1. The van der Waals surface area contributed by atoms with Crippen LogP contribution in [0.4, 0.5) is 0 Å². The highest BCUT2D eigenvalue weighted by Crippen LogP contribution is 2.38. The Morgan fingerprint density at radius 1 is 1.16 bits per heavy atom. The first-order valence-corrected chi connectivity index (χ1v) is 6.49. The van der Waals surface area contributed by atoms with Crippen LogP contribution in [0, 0.1) is 13.8 Å². The van der Waals surface area contributed by atoms with Gasteiger partial charge in [0.25, 0.3) is 0 Å². The van der Waals surface area contributed by atoms with Crippen molar-refractivity contribution in [3.63, 3.8) is 0 Å². The Bertz CT molecular complexity index is 693. The second-order valence-electron chi connectivity index (χ2n) is 5.68. The maximum atomic E-state index is 11.5. The fraction of sp³-hybridized carbons (Fsp3) is 0.400. The third-order valence-electron chi connectivity index (χ3n) is 2.73. The van der Waals surface area contributed by atoms with E-state index in [1.165, 1.54) is 6.07 Å². The summed E-state index contributed by atoms with van der Waals surface area (Å²) in [6.07, 6.45) is 0. The van der Waals surface area contributed by atoms with E-state index in [4.69, 9.17) is 20.8 Å². The zero-order valence-electron chi connectivity index (χ0n) is 11.8. The first-order valence-electron chi connectivity index (χ1n) is 6.11. The fourth-order valence-electron chi connectivity index (χ4n) is 1.95. The molecule has 3 nitrogen and oxygen atoms in total. The molecule has 0 radical (unpaired) electrons. The van der Waals surface area contributed by atoms with Crippen LogP contribution in [0.3, 0.4) is 0 Å². The van der Waals surface area contributed by atoms with Crippen molar-refractivity contribution in [3.05, 3.63) is 38.7 Å². The molecule has 0 aliphatic rings. The van der Waals surface area contributed by atoms with Gasteiger partial charge in [-0.3, -0.25) is 0 Å². The van der Waals surface area contributed by atoms with Gasteiger partial charge in [0, 0.05) is 11.5 Å². The van der Waals surface area contributed by atoms with E-state index in [0.717, 1.165) is 16.5 Å². The average Bonchev–Trinajstić information content (AvgIpc) is 2.25. The number of halogens is 1. The van der Waals surface area contributed by atoms with Gasteiger partial charge in [0.15, 0.2) is 5.58 Å². The number of hydrogen-bond acceptors (Lipinski definition) is 3. The zero-order valence-corrected chi connectivity index (χ0v) is 12.5. The van der Waals surface area contributed by atoms with Crippen LogP contribution < -0.4 is 10.4 Å². The smallest absolute Gasteiger partial charge is 0.336 e. The molecule has 0 saturated heterocycles. The van der Waals surface area contributed by atoms with Gasteiger partial charge in [0.05, 0.1) is 0 Å². The summed E-state index contributed by atoms with van der Waals surface area (Å²) < 4.78 is 11.1. The molecule has 0 amide bonds. The molecule has 2 rings (SSSR count). The van der Waals surface area contributed by atoms with Gasteiger partial charge in [-0.1, -0.05) is 11.6 Å². The van der Waals surface area contributed by atoms with E-state index in [0.29, 0.717) is 16.4 Å². The van der Waals surface area contributed by atoms with E-state index in [-0.39, 0.29) is 5.60 Å². The lowest BCUT2D eigenvalue weighted by Gasteiger charge is -2.24. The first kappa shape index (κ1) is 13.9. The van der Waals surface area contributed by atoms with Gasteiger partial charge in [-0.2, -0.15) is 0 Å².